The van der Waals surface area contributed by atoms with Gasteiger partial charge in [0.15, 0.2) is 0 Å². The Balaban J connectivity index is 3.36. The number of aliphatic hydroxyl groups excluding tert-OH is 2. The van der Waals surface area contributed by atoms with Gasteiger partial charge < -0.3 is 20.3 Å². The predicted molar refractivity (Wildman–Crippen MR) is 398 cm³/mol. The van der Waals surface area contributed by atoms with Crippen molar-refractivity contribution in [3.05, 3.63) is 48.6 Å². The van der Waals surface area contributed by atoms with E-state index in [9.17, 15) is 19.8 Å². The average molecular weight is 1260 g/mol. The van der Waals surface area contributed by atoms with Crippen molar-refractivity contribution in [2.45, 2.75) is 463 Å². The van der Waals surface area contributed by atoms with Gasteiger partial charge >= 0.3 is 5.97 Å². The Kier molecular flexibility index (Phi) is 77.3. The maximum atomic E-state index is 12.5. The summed E-state index contributed by atoms with van der Waals surface area (Å²) in [4.78, 5) is 24.6. The normalized spacial score (nSPS) is 12.7. The first kappa shape index (κ1) is 87.8. The third-order valence-electron chi connectivity index (χ3n) is 19.1. The van der Waals surface area contributed by atoms with E-state index in [4.69, 9.17) is 4.74 Å². The van der Waals surface area contributed by atoms with Gasteiger partial charge in [-0.2, -0.15) is 0 Å². The smallest absolute Gasteiger partial charge is 0.305 e. The largest absolute Gasteiger partial charge is 0.466 e. The minimum atomic E-state index is -0.843. The van der Waals surface area contributed by atoms with E-state index >= 15 is 0 Å². The molecule has 6 heteroatoms. The molecular formula is C84H159NO5. The number of ether oxygens (including phenoxy) is 1. The molecule has 2 unspecified atom stereocenters. The number of hydrogen-bond donors (Lipinski definition) is 3. The van der Waals surface area contributed by atoms with E-state index in [1.54, 1.807) is 6.08 Å². The Labute approximate surface area is 563 Å². The van der Waals surface area contributed by atoms with Gasteiger partial charge in [0.25, 0.3) is 0 Å². The Hall–Kier alpha value is -2.18. The molecular weight excluding hydrogens is 1100 g/mol. The van der Waals surface area contributed by atoms with Crippen molar-refractivity contribution < 1.29 is 24.5 Å². The van der Waals surface area contributed by atoms with Crippen molar-refractivity contribution in [3.63, 3.8) is 0 Å². The van der Waals surface area contributed by atoms with Gasteiger partial charge in [0.1, 0.15) is 0 Å². The molecule has 0 aliphatic carbocycles. The van der Waals surface area contributed by atoms with Gasteiger partial charge in [-0.25, -0.2) is 0 Å². The highest BCUT2D eigenvalue weighted by molar-refractivity contribution is 5.76. The lowest BCUT2D eigenvalue weighted by molar-refractivity contribution is -0.143. The van der Waals surface area contributed by atoms with Gasteiger partial charge in [-0.05, 0) is 89.9 Å². The Morgan fingerprint density at radius 1 is 0.311 bits per heavy atom. The fourth-order valence-electron chi connectivity index (χ4n) is 12.8. The van der Waals surface area contributed by atoms with Crippen LogP contribution in [-0.2, 0) is 14.3 Å². The molecule has 0 aliphatic heterocycles. The topological polar surface area (TPSA) is 95.9 Å². The van der Waals surface area contributed by atoms with E-state index < -0.39 is 12.1 Å². The summed E-state index contributed by atoms with van der Waals surface area (Å²) in [5.41, 5.74) is 0. The molecule has 0 radical (unpaired) electrons. The van der Waals surface area contributed by atoms with Gasteiger partial charge in [-0.15, -0.1) is 0 Å². The standard InChI is InChI=1S/C84H159NO5/c1-3-5-7-9-11-13-15-17-19-20-21-39-42-45-49-52-56-60-64-68-72-76-82(87)81(80-86)85-83(88)77-73-69-65-61-57-53-50-46-43-40-37-35-33-31-29-27-25-23-22-24-26-28-30-32-34-36-38-41-44-47-51-55-59-63-67-71-75-79-90-84(89)78-74-70-66-62-58-54-48-18-16-14-12-10-8-6-4-2/h12,14,18,22,24,48,72,76,81-82,86-87H,3-11,13,15-17,19-21,23,25-47,49-71,73-75,77-80H2,1-2H3,(H,85,88)/b14-12-,24-22-,48-18-,76-72+. The number of nitrogens with one attached hydrogen (secondary N) is 1. The molecule has 0 aromatic heterocycles. The predicted octanol–water partition coefficient (Wildman–Crippen LogP) is 27.2. The summed E-state index contributed by atoms with van der Waals surface area (Å²) in [6, 6.07) is -0.626. The van der Waals surface area contributed by atoms with Gasteiger partial charge in [0, 0.05) is 12.8 Å². The van der Waals surface area contributed by atoms with Crippen molar-refractivity contribution >= 4 is 11.9 Å². The minimum Gasteiger partial charge on any atom is -0.466 e. The van der Waals surface area contributed by atoms with Crippen LogP contribution in [0.25, 0.3) is 0 Å². The van der Waals surface area contributed by atoms with Crippen LogP contribution in [0.2, 0.25) is 0 Å². The van der Waals surface area contributed by atoms with Crippen molar-refractivity contribution in [2.75, 3.05) is 13.2 Å². The van der Waals surface area contributed by atoms with Crippen LogP contribution in [-0.4, -0.2) is 47.4 Å². The average Bonchev–Trinajstić information content (AvgIpc) is 3.68. The molecule has 90 heavy (non-hydrogen) atoms. The van der Waals surface area contributed by atoms with Gasteiger partial charge in [-0.1, -0.05) is 396 Å². The van der Waals surface area contributed by atoms with Crippen molar-refractivity contribution in [3.8, 4) is 0 Å². The van der Waals surface area contributed by atoms with Crippen LogP contribution in [0.3, 0.4) is 0 Å². The number of allylic oxidation sites excluding steroid dienone is 7. The number of carbonyl (C=O) groups excluding carboxylic acids is 2. The van der Waals surface area contributed by atoms with E-state index in [-0.39, 0.29) is 18.5 Å². The summed E-state index contributed by atoms with van der Waals surface area (Å²) < 4.78 is 5.49. The summed E-state index contributed by atoms with van der Waals surface area (Å²) in [6.45, 7) is 4.92. The molecule has 1 amide bonds. The number of carbonyl (C=O) groups is 2. The zero-order valence-corrected chi connectivity index (χ0v) is 60.9. The Bertz CT molecular complexity index is 1500. The van der Waals surface area contributed by atoms with Crippen LogP contribution in [0.1, 0.15) is 450 Å². The van der Waals surface area contributed by atoms with Crippen molar-refractivity contribution in [2.24, 2.45) is 0 Å². The second-order valence-corrected chi connectivity index (χ2v) is 28.1. The van der Waals surface area contributed by atoms with Gasteiger partial charge in [-0.3, -0.25) is 9.59 Å². The molecule has 3 N–H and O–H groups in total. The zero-order valence-electron chi connectivity index (χ0n) is 60.9. The fraction of sp³-hybridized carbons (Fsp3) is 0.881. The van der Waals surface area contributed by atoms with Crippen LogP contribution in [0.15, 0.2) is 48.6 Å². The third kappa shape index (κ3) is 74.9. The molecule has 0 saturated heterocycles. The molecule has 0 saturated carbocycles. The molecule has 0 fully saturated rings. The highest BCUT2D eigenvalue weighted by atomic mass is 16.5. The molecule has 530 valence electrons. The second-order valence-electron chi connectivity index (χ2n) is 28.1. The number of aliphatic hydroxyl groups is 2. The lowest BCUT2D eigenvalue weighted by Crippen LogP contribution is -2.45. The highest BCUT2D eigenvalue weighted by Crippen LogP contribution is 2.20. The zero-order chi connectivity index (χ0) is 64.9. The second kappa shape index (κ2) is 79.3. The van der Waals surface area contributed by atoms with Gasteiger partial charge in [0.2, 0.25) is 5.91 Å². The summed E-state index contributed by atoms with van der Waals surface area (Å²) in [6.07, 6.45) is 105. The molecule has 2 atom stereocenters. The first-order chi connectivity index (χ1) is 44.5. The van der Waals surface area contributed by atoms with E-state index in [0.717, 1.165) is 51.4 Å². The van der Waals surface area contributed by atoms with E-state index in [2.05, 4.69) is 55.6 Å². The quantitative estimate of drug-likeness (QED) is 0.0320. The summed E-state index contributed by atoms with van der Waals surface area (Å²) in [7, 11) is 0. The molecule has 6 nitrogen and oxygen atoms in total. The molecule has 0 bridgehead atoms. The maximum absolute atomic E-state index is 12.5. The molecule has 0 aliphatic rings. The summed E-state index contributed by atoms with van der Waals surface area (Å²) in [5, 5.41) is 23.3. The molecule has 0 heterocycles. The van der Waals surface area contributed by atoms with Crippen molar-refractivity contribution in [1.29, 1.82) is 0 Å². The van der Waals surface area contributed by atoms with E-state index in [1.807, 2.05) is 6.08 Å². The monoisotopic (exact) mass is 1260 g/mol. The lowest BCUT2D eigenvalue weighted by Gasteiger charge is -2.20. The van der Waals surface area contributed by atoms with Crippen molar-refractivity contribution in [1.82, 2.24) is 5.32 Å². The number of hydrogen-bond acceptors (Lipinski definition) is 5. The molecule has 0 aromatic rings. The number of amides is 1. The molecule has 0 aromatic carbocycles. The highest BCUT2D eigenvalue weighted by Gasteiger charge is 2.18. The fourth-order valence-corrected chi connectivity index (χ4v) is 12.8. The van der Waals surface area contributed by atoms with E-state index in [0.29, 0.717) is 19.4 Å². The minimum absolute atomic E-state index is 0.00762. The maximum Gasteiger partial charge on any atom is 0.305 e. The number of unbranched alkanes of at least 4 members (excludes halogenated alkanes) is 60. The first-order valence-corrected chi connectivity index (χ1v) is 40.9. The summed E-state index contributed by atoms with van der Waals surface area (Å²) >= 11 is 0. The number of rotatable bonds is 77. The van der Waals surface area contributed by atoms with E-state index in [1.165, 1.54) is 372 Å². The van der Waals surface area contributed by atoms with Crippen LogP contribution < -0.4 is 5.32 Å². The van der Waals surface area contributed by atoms with Crippen LogP contribution in [0.5, 0.6) is 0 Å². The number of esters is 1. The molecule has 0 rings (SSSR count). The summed E-state index contributed by atoms with van der Waals surface area (Å²) in [5.74, 6) is -0.0520. The first-order valence-electron chi connectivity index (χ1n) is 40.9. The third-order valence-corrected chi connectivity index (χ3v) is 19.1. The van der Waals surface area contributed by atoms with Crippen LogP contribution in [0.4, 0.5) is 0 Å². The SMILES string of the molecule is CCCCC/C=C\C/C=C\CCCCCCCC(=O)OCCCCCCCCCCCCCCCCCC/C=C\CCCCCCCCCCCCCCCCCCCC(=O)NC(CO)C(O)/C=C/CCCCCCCCCCCCCCCCCCCCC. The Morgan fingerprint density at radius 2 is 0.556 bits per heavy atom. The Morgan fingerprint density at radius 3 is 0.878 bits per heavy atom. The van der Waals surface area contributed by atoms with Crippen LogP contribution in [0, 0.1) is 0 Å². The van der Waals surface area contributed by atoms with Gasteiger partial charge in [0.05, 0.1) is 25.4 Å². The molecule has 0 spiro atoms. The lowest BCUT2D eigenvalue weighted by atomic mass is 10.0. The van der Waals surface area contributed by atoms with Crippen LogP contribution >= 0.6 is 0 Å².